The number of fused-ring (bicyclic) bond motifs is 1. The molecule has 5 aromatic rings. The Morgan fingerprint density at radius 1 is 0.905 bits per heavy atom. The van der Waals surface area contributed by atoms with Crippen molar-refractivity contribution in [1.29, 1.82) is 0 Å². The Hall–Kier alpha value is -4.32. The van der Waals surface area contributed by atoms with E-state index in [4.69, 9.17) is 4.74 Å². The standard InChI is InChI=1S/C31H30N4O5S2/c1-19(2)27(31(37)40-4)34-42(38,39)24-16-12-21(13-17-24)20-10-14-23(15-11-20)32-29(36)26-18-25-28(22-8-6-5-7-9-22)33-35(3)30(25)41-26/h5-19,27,34H,1-4H3,(H,32,36)/t27-/m0/s1. The van der Waals surface area contributed by atoms with E-state index < -0.39 is 22.0 Å². The van der Waals surface area contributed by atoms with Crippen LogP contribution in [-0.2, 0) is 26.6 Å². The van der Waals surface area contributed by atoms with Gasteiger partial charge in [0.1, 0.15) is 16.6 Å². The Balaban J connectivity index is 1.28. The van der Waals surface area contributed by atoms with Crippen LogP contribution in [-0.4, -0.2) is 43.2 Å². The monoisotopic (exact) mass is 602 g/mol. The van der Waals surface area contributed by atoms with Crippen LogP contribution in [0.1, 0.15) is 23.5 Å². The molecular formula is C31H30N4O5S2. The van der Waals surface area contributed by atoms with Crippen molar-refractivity contribution >= 4 is 49.1 Å². The van der Waals surface area contributed by atoms with Gasteiger partial charge in [0.05, 0.1) is 16.9 Å². The second-order valence-corrected chi connectivity index (χ2v) is 12.8. The highest BCUT2D eigenvalue weighted by molar-refractivity contribution is 7.89. The number of aryl methyl sites for hydroxylation is 1. The van der Waals surface area contributed by atoms with Crippen molar-refractivity contribution in [2.45, 2.75) is 24.8 Å². The zero-order valence-corrected chi connectivity index (χ0v) is 25.1. The lowest BCUT2D eigenvalue weighted by molar-refractivity contribution is -0.143. The average Bonchev–Trinajstić information content (AvgIpc) is 3.57. The van der Waals surface area contributed by atoms with E-state index in [1.807, 2.05) is 55.6 Å². The summed E-state index contributed by atoms with van der Waals surface area (Å²) < 4.78 is 34.7. The van der Waals surface area contributed by atoms with E-state index in [1.54, 1.807) is 42.8 Å². The number of carbonyl (C=O) groups excluding carboxylic acids is 2. The maximum absolute atomic E-state index is 13.1. The number of nitrogens with one attached hydrogen (secondary N) is 2. The quantitative estimate of drug-likeness (QED) is 0.209. The van der Waals surface area contributed by atoms with Gasteiger partial charge >= 0.3 is 5.97 Å². The molecule has 1 amide bonds. The molecule has 0 aliphatic carbocycles. The molecule has 2 heterocycles. The molecule has 5 rings (SSSR count). The van der Waals surface area contributed by atoms with E-state index in [1.165, 1.54) is 30.6 Å². The van der Waals surface area contributed by atoms with Crippen LogP contribution < -0.4 is 10.0 Å². The van der Waals surface area contributed by atoms with Gasteiger partial charge in [-0.3, -0.25) is 14.3 Å². The highest BCUT2D eigenvalue weighted by Crippen LogP contribution is 2.34. The number of thiophene rings is 1. The Kier molecular flexibility index (Phi) is 8.26. The van der Waals surface area contributed by atoms with E-state index in [9.17, 15) is 18.0 Å². The van der Waals surface area contributed by atoms with Crippen LogP contribution in [0.2, 0.25) is 0 Å². The molecule has 0 saturated heterocycles. The molecule has 0 saturated carbocycles. The zero-order valence-electron chi connectivity index (χ0n) is 23.5. The molecule has 216 valence electrons. The first-order valence-corrected chi connectivity index (χ1v) is 15.5. The zero-order chi connectivity index (χ0) is 30.0. The predicted octanol–water partition coefficient (Wildman–Crippen LogP) is 5.70. The van der Waals surface area contributed by atoms with E-state index in [0.29, 0.717) is 10.6 Å². The van der Waals surface area contributed by atoms with Gasteiger partial charge < -0.3 is 10.1 Å². The summed E-state index contributed by atoms with van der Waals surface area (Å²) in [6.07, 6.45) is 0. The molecule has 0 radical (unpaired) electrons. The summed E-state index contributed by atoms with van der Waals surface area (Å²) in [4.78, 5) is 26.6. The number of hydrogen-bond donors (Lipinski definition) is 2. The second-order valence-electron chi connectivity index (χ2n) is 10.1. The van der Waals surface area contributed by atoms with Crippen molar-refractivity contribution in [3.8, 4) is 22.4 Å². The van der Waals surface area contributed by atoms with Gasteiger partial charge in [-0.25, -0.2) is 8.42 Å². The molecule has 0 aliphatic heterocycles. The second kappa shape index (κ2) is 11.9. The van der Waals surface area contributed by atoms with Crippen molar-refractivity contribution in [2.24, 2.45) is 13.0 Å². The van der Waals surface area contributed by atoms with Crippen LogP contribution in [0.5, 0.6) is 0 Å². The van der Waals surface area contributed by atoms with Crippen LogP contribution in [0.3, 0.4) is 0 Å². The molecule has 0 fully saturated rings. The highest BCUT2D eigenvalue weighted by Gasteiger charge is 2.29. The van der Waals surface area contributed by atoms with Gasteiger partial charge in [0.15, 0.2) is 0 Å². The molecule has 0 bridgehead atoms. The Morgan fingerprint density at radius 2 is 1.52 bits per heavy atom. The fourth-order valence-corrected chi connectivity index (χ4v) is 6.85. The summed E-state index contributed by atoms with van der Waals surface area (Å²) in [6, 6.07) is 24.4. The van der Waals surface area contributed by atoms with Gasteiger partial charge in [-0.1, -0.05) is 68.4 Å². The van der Waals surface area contributed by atoms with E-state index in [-0.39, 0.29) is 16.7 Å². The van der Waals surface area contributed by atoms with Crippen molar-refractivity contribution in [3.05, 3.63) is 89.8 Å². The molecule has 9 nitrogen and oxygen atoms in total. The lowest BCUT2D eigenvalue weighted by Crippen LogP contribution is -2.44. The Morgan fingerprint density at radius 3 is 2.12 bits per heavy atom. The smallest absolute Gasteiger partial charge is 0.324 e. The summed E-state index contributed by atoms with van der Waals surface area (Å²) in [6.45, 7) is 3.47. The number of esters is 1. The fourth-order valence-electron chi connectivity index (χ4n) is 4.55. The molecule has 2 aromatic heterocycles. The van der Waals surface area contributed by atoms with E-state index in [2.05, 4.69) is 15.1 Å². The van der Waals surface area contributed by atoms with Crippen molar-refractivity contribution in [3.63, 3.8) is 0 Å². The Labute approximate surface area is 248 Å². The highest BCUT2D eigenvalue weighted by atomic mass is 32.2. The number of methoxy groups -OCH3 is 1. The van der Waals surface area contributed by atoms with Crippen molar-refractivity contribution in [1.82, 2.24) is 14.5 Å². The van der Waals surface area contributed by atoms with Crippen LogP contribution in [0.15, 0.2) is 89.8 Å². The minimum atomic E-state index is -3.93. The lowest BCUT2D eigenvalue weighted by Gasteiger charge is -2.19. The summed E-state index contributed by atoms with van der Waals surface area (Å²) >= 11 is 1.39. The number of aromatic nitrogens is 2. The van der Waals surface area contributed by atoms with E-state index in [0.717, 1.165) is 32.6 Å². The third-order valence-electron chi connectivity index (χ3n) is 6.83. The van der Waals surface area contributed by atoms with Crippen LogP contribution >= 0.6 is 11.3 Å². The average molecular weight is 603 g/mol. The number of rotatable bonds is 9. The van der Waals surface area contributed by atoms with Crippen molar-refractivity contribution in [2.75, 3.05) is 12.4 Å². The van der Waals surface area contributed by atoms with Crippen LogP contribution in [0, 0.1) is 5.92 Å². The first kappa shape index (κ1) is 29.2. The Bertz CT molecular complexity index is 1840. The first-order chi connectivity index (χ1) is 20.1. The maximum Gasteiger partial charge on any atom is 0.324 e. The SMILES string of the molecule is COC(=O)[C@@H](NS(=O)(=O)c1ccc(-c2ccc(NC(=O)c3cc4c(-c5ccccc5)nn(C)c4s3)cc2)cc1)C(C)C. The molecular weight excluding hydrogens is 572 g/mol. The predicted molar refractivity (Wildman–Crippen MR) is 165 cm³/mol. The minimum Gasteiger partial charge on any atom is -0.468 e. The van der Waals surface area contributed by atoms with Crippen LogP contribution in [0.25, 0.3) is 32.6 Å². The number of nitrogens with zero attached hydrogens (tertiary/aromatic N) is 2. The summed E-state index contributed by atoms with van der Waals surface area (Å²) in [5.41, 5.74) is 4.11. The molecule has 0 aliphatic rings. The fraction of sp³-hybridized carbons (Fsp3) is 0.194. The lowest BCUT2D eigenvalue weighted by atomic mass is 10.1. The van der Waals surface area contributed by atoms with E-state index >= 15 is 0 Å². The molecule has 1 atom stereocenters. The van der Waals surface area contributed by atoms with Gasteiger partial charge in [0.25, 0.3) is 5.91 Å². The van der Waals surface area contributed by atoms with Crippen molar-refractivity contribution < 1.29 is 22.7 Å². The molecule has 42 heavy (non-hydrogen) atoms. The summed E-state index contributed by atoms with van der Waals surface area (Å²) in [7, 11) is -0.842. The minimum absolute atomic E-state index is 0.0404. The molecule has 0 unspecified atom stereocenters. The topological polar surface area (TPSA) is 119 Å². The molecule has 3 aromatic carbocycles. The van der Waals surface area contributed by atoms with Gasteiger partial charge in [-0.15, -0.1) is 11.3 Å². The molecule has 2 N–H and O–H groups in total. The molecule has 11 heteroatoms. The normalized spacial score (nSPS) is 12.4. The largest absolute Gasteiger partial charge is 0.468 e. The third-order valence-corrected chi connectivity index (χ3v) is 9.48. The first-order valence-electron chi connectivity index (χ1n) is 13.2. The van der Waals surface area contributed by atoms with Gasteiger partial charge in [0.2, 0.25) is 10.0 Å². The van der Waals surface area contributed by atoms with Gasteiger partial charge in [-0.2, -0.15) is 9.82 Å². The number of hydrogen-bond acceptors (Lipinski definition) is 7. The number of ether oxygens (including phenoxy) is 1. The molecule has 0 spiro atoms. The van der Waals surface area contributed by atoms with Gasteiger partial charge in [-0.05, 0) is 47.4 Å². The maximum atomic E-state index is 13.1. The number of amides is 1. The summed E-state index contributed by atoms with van der Waals surface area (Å²) in [5, 5.41) is 8.51. The van der Waals surface area contributed by atoms with Gasteiger partial charge in [0, 0.05) is 23.7 Å². The number of anilines is 1. The summed E-state index contributed by atoms with van der Waals surface area (Å²) in [5.74, 6) is -1.14. The number of sulfonamides is 1. The number of benzene rings is 3. The third kappa shape index (κ3) is 5.98. The van der Waals surface area contributed by atoms with Crippen LogP contribution in [0.4, 0.5) is 5.69 Å². The number of carbonyl (C=O) groups is 2.